The van der Waals surface area contributed by atoms with Crippen LogP contribution in [0.2, 0.25) is 0 Å². The van der Waals surface area contributed by atoms with Gasteiger partial charge in [-0.2, -0.15) is 0 Å². The lowest BCUT2D eigenvalue weighted by molar-refractivity contribution is 0.231. The minimum atomic E-state index is -0.635. The summed E-state index contributed by atoms with van der Waals surface area (Å²) in [5, 5.41) is 3.18. The van der Waals surface area contributed by atoms with Crippen LogP contribution < -0.4 is 5.32 Å². The third-order valence-corrected chi connectivity index (χ3v) is 2.38. The second-order valence-corrected chi connectivity index (χ2v) is 3.63. The maximum Gasteiger partial charge on any atom is 0.118 e. The third-order valence-electron chi connectivity index (χ3n) is 2.38. The summed E-state index contributed by atoms with van der Waals surface area (Å²) in [7, 11) is 2.05. The fraction of sp³-hybridized carbons (Fsp3) is 1.00. The van der Waals surface area contributed by atoms with Crippen LogP contribution in [0.25, 0.3) is 0 Å². The number of likely N-dealkylation sites (N-methyl/N-ethyl adjacent to an activating group) is 1. The molecule has 1 N–H and O–H groups in total. The van der Waals surface area contributed by atoms with Gasteiger partial charge in [0.2, 0.25) is 0 Å². The summed E-state index contributed by atoms with van der Waals surface area (Å²) in [5.74, 6) is 0. The summed E-state index contributed by atoms with van der Waals surface area (Å²) in [4.78, 5) is 2.19. The normalized spacial score (nSPS) is 30.0. The van der Waals surface area contributed by atoms with Crippen molar-refractivity contribution in [2.45, 2.75) is 32.0 Å². The number of hydrogen-bond donors (Lipinski definition) is 1. The van der Waals surface area contributed by atoms with Crippen LogP contribution in [0.4, 0.5) is 4.39 Å². The summed E-state index contributed by atoms with van der Waals surface area (Å²) < 4.78 is 13.1. The lowest BCUT2D eigenvalue weighted by atomic mass is 10.2. The maximum atomic E-state index is 13.1. The van der Waals surface area contributed by atoms with Crippen LogP contribution in [0.15, 0.2) is 0 Å². The molecule has 0 radical (unpaired) electrons. The van der Waals surface area contributed by atoms with E-state index in [-0.39, 0.29) is 6.04 Å². The van der Waals surface area contributed by atoms with Crippen molar-refractivity contribution in [2.24, 2.45) is 0 Å². The van der Waals surface area contributed by atoms with E-state index in [0.29, 0.717) is 6.42 Å². The first-order valence-electron chi connectivity index (χ1n) is 4.80. The van der Waals surface area contributed by atoms with E-state index in [2.05, 4.69) is 24.2 Å². The van der Waals surface area contributed by atoms with Crippen LogP contribution in [0, 0.1) is 0 Å². The predicted molar refractivity (Wildman–Crippen MR) is 49.1 cm³/mol. The Balaban J connectivity index is 2.20. The minimum absolute atomic E-state index is 0.0709. The molecule has 0 amide bonds. The summed E-state index contributed by atoms with van der Waals surface area (Å²) in [5.41, 5.74) is 0. The molecule has 2 unspecified atom stereocenters. The van der Waals surface area contributed by atoms with Crippen LogP contribution in [-0.4, -0.2) is 43.8 Å². The number of hydrogen-bond acceptors (Lipinski definition) is 2. The third kappa shape index (κ3) is 2.72. The molecule has 2 nitrogen and oxygen atoms in total. The average Bonchev–Trinajstić information content (AvgIpc) is 2.37. The second-order valence-electron chi connectivity index (χ2n) is 3.63. The highest BCUT2D eigenvalue weighted by Gasteiger charge is 2.26. The quantitative estimate of drug-likeness (QED) is 0.684. The molecule has 0 aromatic carbocycles. The number of rotatable bonds is 4. The van der Waals surface area contributed by atoms with Gasteiger partial charge >= 0.3 is 0 Å². The zero-order valence-electron chi connectivity index (χ0n) is 8.02. The molecule has 0 spiro atoms. The van der Waals surface area contributed by atoms with Gasteiger partial charge in [-0.3, -0.25) is 0 Å². The Labute approximate surface area is 74.1 Å². The van der Waals surface area contributed by atoms with Crippen molar-refractivity contribution in [1.82, 2.24) is 10.2 Å². The molecule has 1 rings (SSSR count). The van der Waals surface area contributed by atoms with E-state index in [0.717, 1.165) is 26.1 Å². The molecule has 72 valence electrons. The molecule has 1 aliphatic rings. The smallest absolute Gasteiger partial charge is 0.118 e. The second kappa shape index (κ2) is 4.77. The largest absolute Gasteiger partial charge is 0.310 e. The minimum Gasteiger partial charge on any atom is -0.310 e. The molecule has 1 saturated heterocycles. The van der Waals surface area contributed by atoms with Crippen molar-refractivity contribution in [3.8, 4) is 0 Å². The molecular weight excluding hydrogens is 155 g/mol. The van der Waals surface area contributed by atoms with Crippen LogP contribution in [0.5, 0.6) is 0 Å². The van der Waals surface area contributed by atoms with Crippen molar-refractivity contribution < 1.29 is 4.39 Å². The maximum absolute atomic E-state index is 13.1. The first-order valence-corrected chi connectivity index (χ1v) is 4.80. The van der Waals surface area contributed by atoms with Crippen LogP contribution >= 0.6 is 0 Å². The number of nitrogens with one attached hydrogen (secondary N) is 1. The monoisotopic (exact) mass is 174 g/mol. The van der Waals surface area contributed by atoms with Crippen molar-refractivity contribution in [1.29, 1.82) is 0 Å². The first kappa shape index (κ1) is 9.93. The summed E-state index contributed by atoms with van der Waals surface area (Å²) in [6, 6.07) is 0.0709. The fourth-order valence-corrected chi connectivity index (χ4v) is 1.72. The van der Waals surface area contributed by atoms with Gasteiger partial charge in [-0.05, 0) is 33.0 Å². The van der Waals surface area contributed by atoms with Gasteiger partial charge in [0.1, 0.15) is 6.17 Å². The van der Waals surface area contributed by atoms with E-state index in [9.17, 15) is 4.39 Å². The highest BCUT2D eigenvalue weighted by molar-refractivity contribution is 4.85. The Hall–Kier alpha value is -0.150. The van der Waals surface area contributed by atoms with Gasteiger partial charge < -0.3 is 10.2 Å². The summed E-state index contributed by atoms with van der Waals surface area (Å²) in [6.45, 7) is 4.89. The Morgan fingerprint density at radius 3 is 2.83 bits per heavy atom. The lowest BCUT2D eigenvalue weighted by Crippen LogP contribution is -2.39. The highest BCUT2D eigenvalue weighted by atomic mass is 19.1. The van der Waals surface area contributed by atoms with E-state index in [1.807, 2.05) is 0 Å². The van der Waals surface area contributed by atoms with E-state index < -0.39 is 6.17 Å². The number of alkyl halides is 1. The molecule has 0 saturated carbocycles. The lowest BCUT2D eigenvalue weighted by Gasteiger charge is -2.21. The number of nitrogens with zero attached hydrogens (tertiary/aromatic N) is 1. The summed E-state index contributed by atoms with van der Waals surface area (Å²) in [6.07, 6.45) is 1.19. The topological polar surface area (TPSA) is 15.3 Å². The van der Waals surface area contributed by atoms with E-state index >= 15 is 0 Å². The molecule has 12 heavy (non-hydrogen) atoms. The van der Waals surface area contributed by atoms with Gasteiger partial charge in [0.25, 0.3) is 0 Å². The molecular formula is C9H19FN2. The van der Waals surface area contributed by atoms with E-state index in [4.69, 9.17) is 0 Å². The average molecular weight is 174 g/mol. The van der Waals surface area contributed by atoms with Gasteiger partial charge in [0, 0.05) is 6.54 Å². The Kier molecular flexibility index (Phi) is 3.95. The zero-order valence-corrected chi connectivity index (χ0v) is 8.02. The van der Waals surface area contributed by atoms with Crippen molar-refractivity contribution >= 4 is 0 Å². The van der Waals surface area contributed by atoms with E-state index in [1.54, 1.807) is 0 Å². The number of halogens is 1. The molecule has 1 fully saturated rings. The summed E-state index contributed by atoms with van der Waals surface area (Å²) >= 11 is 0. The molecule has 3 heteroatoms. The standard InChI is InChI=1S/C9H19FN2/c1-3-6-12(2)7-9-8(10)4-5-11-9/h8-9,11H,3-7H2,1-2H3. The van der Waals surface area contributed by atoms with Gasteiger partial charge in [-0.15, -0.1) is 0 Å². The molecule has 0 aromatic heterocycles. The van der Waals surface area contributed by atoms with Crippen LogP contribution in [0.3, 0.4) is 0 Å². The van der Waals surface area contributed by atoms with Crippen LogP contribution in [0.1, 0.15) is 19.8 Å². The van der Waals surface area contributed by atoms with Gasteiger partial charge in [0.15, 0.2) is 0 Å². The zero-order chi connectivity index (χ0) is 8.97. The van der Waals surface area contributed by atoms with Gasteiger partial charge in [-0.25, -0.2) is 4.39 Å². The first-order chi connectivity index (χ1) is 5.74. The molecule has 0 aromatic rings. The Morgan fingerprint density at radius 1 is 1.58 bits per heavy atom. The van der Waals surface area contributed by atoms with Crippen LogP contribution in [-0.2, 0) is 0 Å². The molecule has 2 atom stereocenters. The predicted octanol–water partition coefficient (Wildman–Crippen LogP) is 1.03. The van der Waals surface area contributed by atoms with E-state index in [1.165, 1.54) is 0 Å². The Bertz CT molecular complexity index is 130. The molecule has 1 heterocycles. The van der Waals surface area contributed by atoms with Gasteiger partial charge in [-0.1, -0.05) is 6.92 Å². The van der Waals surface area contributed by atoms with Gasteiger partial charge in [0.05, 0.1) is 6.04 Å². The van der Waals surface area contributed by atoms with Crippen molar-refractivity contribution in [2.75, 3.05) is 26.7 Å². The molecule has 0 aliphatic carbocycles. The van der Waals surface area contributed by atoms with Crippen molar-refractivity contribution in [3.63, 3.8) is 0 Å². The highest BCUT2D eigenvalue weighted by Crippen LogP contribution is 2.11. The fourth-order valence-electron chi connectivity index (χ4n) is 1.72. The SMILES string of the molecule is CCCN(C)CC1NCCC1F. The molecule has 1 aliphatic heterocycles. The van der Waals surface area contributed by atoms with Crippen molar-refractivity contribution in [3.05, 3.63) is 0 Å². The Morgan fingerprint density at radius 2 is 2.33 bits per heavy atom. The molecule has 0 bridgehead atoms.